The third-order valence-corrected chi connectivity index (χ3v) is 5.18. The second kappa shape index (κ2) is 7.90. The van der Waals surface area contributed by atoms with E-state index in [0.717, 1.165) is 36.8 Å². The highest BCUT2D eigenvalue weighted by molar-refractivity contribution is 7.99. The lowest BCUT2D eigenvalue weighted by Crippen LogP contribution is -2.42. The van der Waals surface area contributed by atoms with Gasteiger partial charge in [0.1, 0.15) is 18.2 Å². The van der Waals surface area contributed by atoms with Crippen molar-refractivity contribution in [1.29, 1.82) is 0 Å². The van der Waals surface area contributed by atoms with Crippen LogP contribution in [0.25, 0.3) is 0 Å². The van der Waals surface area contributed by atoms with E-state index in [1.165, 1.54) is 11.8 Å². The fourth-order valence-electron chi connectivity index (χ4n) is 2.55. The van der Waals surface area contributed by atoms with Crippen LogP contribution in [0.5, 0.6) is 5.75 Å². The van der Waals surface area contributed by atoms with Crippen LogP contribution in [-0.2, 0) is 11.8 Å². The predicted octanol–water partition coefficient (Wildman–Crippen LogP) is 2.63. The van der Waals surface area contributed by atoms with Gasteiger partial charge in [0.15, 0.2) is 5.16 Å². The first-order valence-electron chi connectivity index (χ1n) is 7.78. The largest absolute Gasteiger partial charge is 0.490 e. The number of likely N-dealkylation sites (tertiary alicyclic amines) is 1. The van der Waals surface area contributed by atoms with Crippen molar-refractivity contribution in [2.75, 3.05) is 18.8 Å². The molecule has 0 radical (unpaired) electrons. The topological polar surface area (TPSA) is 60.2 Å². The van der Waals surface area contributed by atoms with E-state index in [0.29, 0.717) is 10.8 Å². The molecule has 1 aliphatic heterocycles. The average Bonchev–Trinajstić information content (AvgIpc) is 3.00. The van der Waals surface area contributed by atoms with Crippen LogP contribution >= 0.6 is 23.4 Å². The number of ether oxygens (including phenoxy) is 1. The van der Waals surface area contributed by atoms with Crippen molar-refractivity contribution in [3.05, 3.63) is 35.6 Å². The minimum Gasteiger partial charge on any atom is -0.490 e. The van der Waals surface area contributed by atoms with E-state index in [9.17, 15) is 4.79 Å². The first-order chi connectivity index (χ1) is 11.6. The molecular weight excluding hydrogens is 348 g/mol. The van der Waals surface area contributed by atoms with Crippen molar-refractivity contribution < 1.29 is 9.53 Å². The highest BCUT2D eigenvalue weighted by Gasteiger charge is 2.24. The summed E-state index contributed by atoms with van der Waals surface area (Å²) in [6.07, 6.45) is 3.44. The monoisotopic (exact) mass is 366 g/mol. The molecule has 0 bridgehead atoms. The number of aromatic nitrogens is 3. The molecule has 8 heteroatoms. The summed E-state index contributed by atoms with van der Waals surface area (Å²) in [5.74, 6) is 1.34. The number of carbonyl (C=O) groups excluding carboxylic acids is 1. The Morgan fingerprint density at radius 1 is 1.33 bits per heavy atom. The van der Waals surface area contributed by atoms with E-state index >= 15 is 0 Å². The third kappa shape index (κ3) is 4.42. The van der Waals surface area contributed by atoms with Gasteiger partial charge in [-0.05, 0) is 24.3 Å². The molecule has 1 fully saturated rings. The standard InChI is InChI=1S/C16H19ClN4O2S/c1-20-11-18-19-16(20)24-10-15(22)21-8-6-14(7-9-21)23-13-4-2-12(17)3-5-13/h2-5,11,14H,6-10H2,1H3. The van der Waals surface area contributed by atoms with Gasteiger partial charge in [0.05, 0.1) is 5.75 Å². The van der Waals surface area contributed by atoms with Gasteiger partial charge in [0.25, 0.3) is 0 Å². The number of amides is 1. The molecule has 1 saturated heterocycles. The van der Waals surface area contributed by atoms with E-state index in [1.807, 2.05) is 40.8 Å². The molecule has 1 aromatic carbocycles. The first kappa shape index (κ1) is 17.1. The van der Waals surface area contributed by atoms with Crippen molar-refractivity contribution in [1.82, 2.24) is 19.7 Å². The number of carbonyl (C=O) groups is 1. The van der Waals surface area contributed by atoms with Gasteiger partial charge in [-0.2, -0.15) is 0 Å². The van der Waals surface area contributed by atoms with E-state index in [2.05, 4.69) is 10.2 Å². The molecule has 2 heterocycles. The number of rotatable bonds is 5. The summed E-state index contributed by atoms with van der Waals surface area (Å²) >= 11 is 7.29. The van der Waals surface area contributed by atoms with E-state index < -0.39 is 0 Å². The summed E-state index contributed by atoms with van der Waals surface area (Å²) in [4.78, 5) is 14.2. The van der Waals surface area contributed by atoms with Gasteiger partial charge in [-0.25, -0.2) is 0 Å². The smallest absolute Gasteiger partial charge is 0.233 e. The maximum absolute atomic E-state index is 12.3. The van der Waals surface area contributed by atoms with Gasteiger partial charge in [0, 0.05) is 38.0 Å². The summed E-state index contributed by atoms with van der Waals surface area (Å²) in [6, 6.07) is 7.38. The Morgan fingerprint density at radius 2 is 2.04 bits per heavy atom. The number of hydrogen-bond donors (Lipinski definition) is 0. The molecule has 0 spiro atoms. The lowest BCUT2D eigenvalue weighted by Gasteiger charge is -2.32. The van der Waals surface area contributed by atoms with Gasteiger partial charge < -0.3 is 14.2 Å². The van der Waals surface area contributed by atoms with Crippen LogP contribution in [-0.4, -0.2) is 50.5 Å². The number of benzene rings is 1. The second-order valence-corrected chi connectivity index (χ2v) is 7.04. The molecule has 1 aliphatic rings. The molecular formula is C16H19ClN4O2S. The quantitative estimate of drug-likeness (QED) is 0.761. The minimum atomic E-state index is 0.132. The predicted molar refractivity (Wildman–Crippen MR) is 93.4 cm³/mol. The zero-order valence-corrected chi connectivity index (χ0v) is 15.0. The third-order valence-electron chi connectivity index (χ3n) is 3.91. The Hall–Kier alpha value is -1.73. The fraction of sp³-hybridized carbons (Fsp3) is 0.438. The lowest BCUT2D eigenvalue weighted by molar-refractivity contribution is -0.130. The Kier molecular flexibility index (Phi) is 5.63. The van der Waals surface area contributed by atoms with Crippen molar-refractivity contribution in [2.45, 2.75) is 24.1 Å². The number of piperidine rings is 1. The highest BCUT2D eigenvalue weighted by Crippen LogP contribution is 2.22. The van der Waals surface area contributed by atoms with Gasteiger partial charge in [0.2, 0.25) is 5.91 Å². The molecule has 2 aromatic rings. The van der Waals surface area contributed by atoms with Gasteiger partial charge in [-0.1, -0.05) is 23.4 Å². The normalized spacial score (nSPS) is 15.5. The van der Waals surface area contributed by atoms with Crippen LogP contribution < -0.4 is 4.74 Å². The zero-order chi connectivity index (χ0) is 16.9. The van der Waals surface area contributed by atoms with E-state index in [-0.39, 0.29) is 12.0 Å². The Bertz CT molecular complexity index is 684. The minimum absolute atomic E-state index is 0.132. The average molecular weight is 367 g/mol. The van der Waals surface area contributed by atoms with Crippen molar-refractivity contribution in [2.24, 2.45) is 7.05 Å². The van der Waals surface area contributed by atoms with E-state index in [4.69, 9.17) is 16.3 Å². The molecule has 0 unspecified atom stereocenters. The van der Waals surface area contributed by atoms with Crippen molar-refractivity contribution in [3.63, 3.8) is 0 Å². The summed E-state index contributed by atoms with van der Waals surface area (Å²) in [5, 5.41) is 9.23. The Morgan fingerprint density at radius 3 is 2.67 bits per heavy atom. The molecule has 0 atom stereocenters. The number of thioether (sulfide) groups is 1. The first-order valence-corrected chi connectivity index (χ1v) is 9.15. The van der Waals surface area contributed by atoms with Crippen LogP contribution in [0.1, 0.15) is 12.8 Å². The highest BCUT2D eigenvalue weighted by atomic mass is 35.5. The van der Waals surface area contributed by atoms with E-state index in [1.54, 1.807) is 6.33 Å². The zero-order valence-electron chi connectivity index (χ0n) is 13.4. The van der Waals surface area contributed by atoms with Crippen LogP contribution in [0.15, 0.2) is 35.7 Å². The molecule has 128 valence electrons. The molecule has 1 aromatic heterocycles. The number of nitrogens with zero attached hydrogens (tertiary/aromatic N) is 4. The number of hydrogen-bond acceptors (Lipinski definition) is 5. The summed E-state index contributed by atoms with van der Waals surface area (Å²) < 4.78 is 7.76. The summed E-state index contributed by atoms with van der Waals surface area (Å²) in [5.41, 5.74) is 0. The number of aryl methyl sites for hydroxylation is 1. The molecule has 0 aliphatic carbocycles. The summed E-state index contributed by atoms with van der Waals surface area (Å²) in [7, 11) is 1.87. The van der Waals surface area contributed by atoms with Crippen LogP contribution in [0.2, 0.25) is 5.02 Å². The number of halogens is 1. The molecule has 1 amide bonds. The van der Waals surface area contributed by atoms with Crippen LogP contribution in [0.3, 0.4) is 0 Å². The summed E-state index contributed by atoms with van der Waals surface area (Å²) in [6.45, 7) is 1.44. The van der Waals surface area contributed by atoms with Crippen molar-refractivity contribution >= 4 is 29.3 Å². The van der Waals surface area contributed by atoms with Crippen molar-refractivity contribution in [3.8, 4) is 5.75 Å². The van der Waals surface area contributed by atoms with Gasteiger partial charge >= 0.3 is 0 Å². The fourth-order valence-corrected chi connectivity index (χ4v) is 3.47. The van der Waals surface area contributed by atoms with Gasteiger partial charge in [-0.15, -0.1) is 10.2 Å². The molecule has 3 rings (SSSR count). The van der Waals surface area contributed by atoms with Crippen LogP contribution in [0, 0.1) is 0 Å². The SMILES string of the molecule is Cn1cnnc1SCC(=O)N1CCC(Oc2ccc(Cl)cc2)CC1. The maximum Gasteiger partial charge on any atom is 0.233 e. The van der Waals surface area contributed by atoms with Gasteiger partial charge in [-0.3, -0.25) is 4.79 Å². The lowest BCUT2D eigenvalue weighted by atomic mass is 10.1. The maximum atomic E-state index is 12.3. The second-order valence-electron chi connectivity index (χ2n) is 5.67. The Labute approximate surface area is 150 Å². The Balaban J connectivity index is 1.43. The molecule has 6 nitrogen and oxygen atoms in total. The molecule has 0 saturated carbocycles. The molecule has 24 heavy (non-hydrogen) atoms. The molecule has 0 N–H and O–H groups in total. The van der Waals surface area contributed by atoms with Crippen LogP contribution in [0.4, 0.5) is 0 Å².